The van der Waals surface area contributed by atoms with Crippen molar-refractivity contribution in [2.75, 3.05) is 0 Å². The van der Waals surface area contributed by atoms with Crippen LogP contribution in [0.5, 0.6) is 0 Å². The van der Waals surface area contributed by atoms with Gasteiger partial charge in [-0.1, -0.05) is 45.4 Å². The van der Waals surface area contributed by atoms with E-state index >= 15 is 0 Å². The van der Waals surface area contributed by atoms with Gasteiger partial charge in [-0.25, -0.2) is 4.79 Å². The molecule has 1 aromatic carbocycles. The third kappa shape index (κ3) is 5.13. The second-order valence-electron chi connectivity index (χ2n) is 15.7. The first-order valence-corrected chi connectivity index (χ1v) is 16.9. The van der Waals surface area contributed by atoms with E-state index in [4.69, 9.17) is 4.74 Å². The molecule has 1 aromatic rings. The number of halogens is 3. The first-order valence-electron chi connectivity index (χ1n) is 16.9. The quantitative estimate of drug-likeness (QED) is 0.323. The molecule has 0 unspecified atom stereocenters. The Morgan fingerprint density at radius 1 is 0.929 bits per heavy atom. The van der Waals surface area contributed by atoms with E-state index < -0.39 is 11.8 Å². The van der Waals surface area contributed by atoms with Gasteiger partial charge in [0.05, 0.1) is 5.56 Å². The van der Waals surface area contributed by atoms with Crippen molar-refractivity contribution < 1.29 is 27.8 Å². The van der Waals surface area contributed by atoms with Gasteiger partial charge in [-0.2, -0.15) is 13.2 Å². The highest BCUT2D eigenvalue weighted by atomic mass is 19.4. The molecule has 5 aliphatic rings. The molecule has 0 aliphatic heterocycles. The minimum atomic E-state index is -4.54. The van der Waals surface area contributed by atoms with Crippen LogP contribution in [0, 0.1) is 52.3 Å². The number of hydrogen-bond donors (Lipinski definition) is 1. The molecule has 5 saturated carbocycles. The van der Waals surface area contributed by atoms with Crippen molar-refractivity contribution in [1.29, 1.82) is 0 Å². The number of ether oxygens (including phenoxy) is 1. The van der Waals surface area contributed by atoms with Crippen LogP contribution >= 0.6 is 0 Å². The van der Waals surface area contributed by atoms with Crippen LogP contribution in [0.4, 0.5) is 13.2 Å². The summed E-state index contributed by atoms with van der Waals surface area (Å²) in [6.45, 7) is 7.20. The fourth-order valence-electron chi connectivity index (χ4n) is 11.1. The zero-order valence-electron chi connectivity index (χ0n) is 25.8. The zero-order chi connectivity index (χ0) is 29.9. The first kappa shape index (κ1) is 30.5. The summed E-state index contributed by atoms with van der Waals surface area (Å²) in [4.78, 5) is 12.9. The van der Waals surface area contributed by atoms with Crippen molar-refractivity contribution in [3.63, 3.8) is 0 Å². The van der Waals surface area contributed by atoms with Gasteiger partial charge in [-0.3, -0.25) is 0 Å². The number of hydrogen-bond acceptors (Lipinski definition) is 3. The van der Waals surface area contributed by atoms with E-state index in [9.17, 15) is 23.1 Å². The smallest absolute Gasteiger partial charge is 0.417 e. The zero-order valence-corrected chi connectivity index (χ0v) is 25.8. The first-order chi connectivity index (χ1) is 19.9. The van der Waals surface area contributed by atoms with Crippen molar-refractivity contribution >= 4 is 5.97 Å². The average molecular weight is 589 g/mol. The van der Waals surface area contributed by atoms with Crippen LogP contribution in [0.25, 0.3) is 0 Å². The topological polar surface area (TPSA) is 46.5 Å². The van der Waals surface area contributed by atoms with Crippen molar-refractivity contribution in [2.24, 2.45) is 52.3 Å². The van der Waals surface area contributed by atoms with E-state index in [1.165, 1.54) is 19.3 Å². The molecule has 0 bridgehead atoms. The van der Waals surface area contributed by atoms with Gasteiger partial charge >= 0.3 is 12.1 Å². The predicted octanol–water partition coefficient (Wildman–Crippen LogP) is 9.38. The lowest BCUT2D eigenvalue weighted by atomic mass is 9.43. The molecule has 0 amide bonds. The van der Waals surface area contributed by atoms with E-state index in [1.807, 2.05) is 30.3 Å². The van der Waals surface area contributed by atoms with E-state index in [-0.39, 0.29) is 41.7 Å². The maximum atomic E-state index is 13.7. The summed E-state index contributed by atoms with van der Waals surface area (Å²) in [7, 11) is 0. The number of benzene rings is 1. The lowest BCUT2D eigenvalue weighted by Gasteiger charge is -2.62. The van der Waals surface area contributed by atoms with Gasteiger partial charge in [0, 0.05) is 0 Å². The van der Waals surface area contributed by atoms with E-state index in [2.05, 4.69) is 20.8 Å². The normalized spacial score (nSPS) is 41.5. The van der Waals surface area contributed by atoms with Gasteiger partial charge in [0.15, 0.2) is 5.60 Å². The van der Waals surface area contributed by atoms with Crippen molar-refractivity contribution in [3.8, 4) is 0 Å². The van der Waals surface area contributed by atoms with Gasteiger partial charge in [-0.05, 0) is 148 Å². The average Bonchev–Trinajstić information content (AvgIpc) is 3.28. The largest absolute Gasteiger partial charge is 0.458 e. The van der Waals surface area contributed by atoms with Crippen LogP contribution in [0.3, 0.4) is 0 Å². The Labute approximate surface area is 250 Å². The molecule has 3 nitrogen and oxygen atoms in total. The third-order valence-corrected chi connectivity index (χ3v) is 13.9. The Balaban J connectivity index is 1.10. The molecule has 0 aromatic heterocycles. The molecule has 10 atom stereocenters. The van der Waals surface area contributed by atoms with Crippen LogP contribution < -0.4 is 0 Å². The highest BCUT2D eigenvalue weighted by Crippen LogP contribution is 2.69. The maximum absolute atomic E-state index is 13.7. The Hall–Kier alpha value is -1.56. The predicted molar refractivity (Wildman–Crippen MR) is 158 cm³/mol. The van der Waals surface area contributed by atoms with Crippen molar-refractivity contribution in [2.45, 2.75) is 129 Å². The van der Waals surface area contributed by atoms with E-state index in [0.29, 0.717) is 47.5 Å². The summed E-state index contributed by atoms with van der Waals surface area (Å²) < 4.78 is 47.3. The molecule has 0 radical (unpaired) electrons. The number of rotatable bonds is 7. The molecule has 5 fully saturated rings. The molecule has 234 valence electrons. The molecule has 1 N–H and O–H groups in total. The molecule has 42 heavy (non-hydrogen) atoms. The summed E-state index contributed by atoms with van der Waals surface area (Å²) in [5, 5.41) is 10.5. The van der Waals surface area contributed by atoms with Crippen LogP contribution in [0.1, 0.15) is 121 Å². The second kappa shape index (κ2) is 11.1. The number of carbonyl (C=O) groups is 1. The summed E-state index contributed by atoms with van der Waals surface area (Å²) in [6.07, 6.45) is 7.75. The Morgan fingerprint density at radius 2 is 1.64 bits per heavy atom. The van der Waals surface area contributed by atoms with E-state index in [0.717, 1.165) is 51.4 Å². The van der Waals surface area contributed by atoms with Crippen molar-refractivity contribution in [3.05, 3.63) is 35.9 Å². The SMILES string of the molecule is C[C@H](CC[C@H](OC(=O)c1ccccc1)C1CCC1)[C@H]1CC[C@H]2[C@@H]3CC[C@H]4C[C@](O)(C(F)(F)F)CC[C@]4(C)[C@H]3CC[C@]12C. The lowest BCUT2D eigenvalue weighted by molar-refractivity contribution is -0.290. The van der Waals surface area contributed by atoms with Crippen LogP contribution in [0.15, 0.2) is 30.3 Å². The number of alkyl halides is 3. The van der Waals surface area contributed by atoms with Crippen LogP contribution in [0.2, 0.25) is 0 Å². The molecule has 0 heterocycles. The van der Waals surface area contributed by atoms with Gasteiger partial charge in [0.25, 0.3) is 0 Å². The number of carbonyl (C=O) groups excluding carboxylic acids is 1. The van der Waals surface area contributed by atoms with Gasteiger partial charge in [0.1, 0.15) is 6.10 Å². The number of fused-ring (bicyclic) bond motifs is 5. The van der Waals surface area contributed by atoms with Crippen LogP contribution in [-0.2, 0) is 4.74 Å². The molecule has 0 spiro atoms. The summed E-state index contributed by atoms with van der Waals surface area (Å²) in [5.41, 5.74) is -1.70. The summed E-state index contributed by atoms with van der Waals surface area (Å²) >= 11 is 0. The van der Waals surface area contributed by atoms with E-state index in [1.54, 1.807) is 0 Å². The molecule has 0 saturated heterocycles. The summed E-state index contributed by atoms with van der Waals surface area (Å²) in [5.74, 6) is 3.14. The third-order valence-electron chi connectivity index (χ3n) is 13.9. The Kier molecular flexibility index (Phi) is 8.06. The molecule has 6 rings (SSSR count). The Morgan fingerprint density at radius 3 is 2.31 bits per heavy atom. The fourth-order valence-corrected chi connectivity index (χ4v) is 11.1. The molecular weight excluding hydrogens is 537 g/mol. The highest BCUT2D eigenvalue weighted by molar-refractivity contribution is 5.89. The van der Waals surface area contributed by atoms with Gasteiger partial charge in [-0.15, -0.1) is 0 Å². The number of aliphatic hydroxyl groups is 1. The lowest BCUT2D eigenvalue weighted by Crippen LogP contribution is -2.59. The van der Waals surface area contributed by atoms with Gasteiger partial charge < -0.3 is 9.84 Å². The second-order valence-corrected chi connectivity index (χ2v) is 15.7. The Bertz CT molecular complexity index is 1120. The van der Waals surface area contributed by atoms with Crippen LogP contribution in [-0.4, -0.2) is 29.0 Å². The molecule has 5 aliphatic carbocycles. The molecule has 6 heteroatoms. The standard InChI is InChI=1S/C36H51F3O3/c1-23(12-17-31(24-10-7-11-24)42-32(40)25-8-5-4-6-9-25)28-15-16-29-27-14-13-26-22-35(41,36(37,38)39)21-20-33(26,2)30(27)18-19-34(28,29)3/h4-6,8-9,23-24,26-31,41H,7,10-22H2,1-3H3/t23-,26+,27+,28-,29+,30+,31+,33+,34-,35+/m1/s1. The number of esters is 1. The van der Waals surface area contributed by atoms with Gasteiger partial charge in [0.2, 0.25) is 0 Å². The fraction of sp³-hybridized carbons (Fsp3) is 0.806. The minimum Gasteiger partial charge on any atom is -0.458 e. The monoisotopic (exact) mass is 588 g/mol. The van der Waals surface area contributed by atoms with Crippen molar-refractivity contribution in [1.82, 2.24) is 0 Å². The summed E-state index contributed by atoms with van der Waals surface area (Å²) in [6, 6.07) is 9.34. The highest BCUT2D eigenvalue weighted by Gasteiger charge is 2.65. The maximum Gasteiger partial charge on any atom is 0.417 e. The molecular formula is C36H51F3O3. The minimum absolute atomic E-state index is 0.00785.